The molecule has 0 aromatic heterocycles. The Balaban J connectivity index is 1.51. The molecule has 2 aliphatic carbocycles. The first kappa shape index (κ1) is 27.3. The van der Waals surface area contributed by atoms with Gasteiger partial charge in [0.05, 0.1) is 27.8 Å². The Morgan fingerprint density at radius 3 is 2.38 bits per heavy atom. The van der Waals surface area contributed by atoms with Gasteiger partial charge in [-0.1, -0.05) is 23.7 Å². The van der Waals surface area contributed by atoms with Crippen LogP contribution in [0.15, 0.2) is 60.1 Å². The summed E-state index contributed by atoms with van der Waals surface area (Å²) in [5.74, 6) is -6.33. The molecule has 4 rings (SSSR count). The van der Waals surface area contributed by atoms with Gasteiger partial charge in [-0.15, -0.1) is 23.2 Å². The predicted octanol–water partition coefficient (Wildman–Crippen LogP) is 7.23. The van der Waals surface area contributed by atoms with E-state index in [-0.39, 0.29) is 34.0 Å². The highest BCUT2D eigenvalue weighted by molar-refractivity contribution is 6.53. The van der Waals surface area contributed by atoms with Crippen molar-refractivity contribution in [3.05, 3.63) is 87.6 Å². The van der Waals surface area contributed by atoms with Crippen LogP contribution in [-0.2, 0) is 11.0 Å². The summed E-state index contributed by atoms with van der Waals surface area (Å²) in [6, 6.07) is 6.03. The van der Waals surface area contributed by atoms with Gasteiger partial charge in [-0.05, 0) is 42.0 Å². The highest BCUT2D eigenvalue weighted by Gasteiger charge is 2.67. The highest BCUT2D eigenvalue weighted by Crippen LogP contribution is 2.65. The second kappa shape index (κ2) is 9.89. The van der Waals surface area contributed by atoms with Gasteiger partial charge >= 0.3 is 6.18 Å². The number of carbonyl (C=O) groups is 2. The molecule has 0 spiro atoms. The molecule has 1 fully saturated rings. The highest BCUT2D eigenvalue weighted by atomic mass is 35.5. The van der Waals surface area contributed by atoms with Crippen LogP contribution in [0.3, 0.4) is 0 Å². The first-order chi connectivity index (χ1) is 17.2. The van der Waals surface area contributed by atoms with Crippen molar-refractivity contribution in [1.29, 1.82) is 0 Å². The predicted molar refractivity (Wildman–Crippen MR) is 126 cm³/mol. The molecule has 2 aromatic carbocycles. The van der Waals surface area contributed by atoms with E-state index in [0.29, 0.717) is 18.2 Å². The van der Waals surface area contributed by atoms with Gasteiger partial charge in [0.2, 0.25) is 5.91 Å². The van der Waals surface area contributed by atoms with E-state index >= 15 is 0 Å². The molecule has 0 aliphatic heterocycles. The molecule has 1 saturated carbocycles. The minimum Gasteiger partial charge on any atom is -0.326 e. The van der Waals surface area contributed by atoms with Crippen molar-refractivity contribution in [1.82, 2.24) is 5.32 Å². The Labute approximate surface area is 221 Å². The maximum absolute atomic E-state index is 13.9. The zero-order valence-electron chi connectivity index (χ0n) is 18.3. The van der Waals surface area contributed by atoms with E-state index in [9.17, 15) is 35.9 Å². The number of amides is 2. The number of halogens is 9. The van der Waals surface area contributed by atoms with Crippen molar-refractivity contribution in [2.75, 3.05) is 5.32 Å². The lowest BCUT2D eigenvalue weighted by atomic mass is 10.0. The van der Waals surface area contributed by atoms with Crippen LogP contribution in [-0.4, -0.2) is 22.3 Å². The lowest BCUT2D eigenvalue weighted by Gasteiger charge is -2.15. The number of anilines is 1. The first-order valence-electron chi connectivity index (χ1n) is 10.6. The average Bonchev–Trinajstić information content (AvgIpc) is 3.38. The standard InChI is InChI=1S/C24H15Cl3F6N2O2/c25-15-4-3-12(9-13(15)21(36)35-18-6-2-11(28)8-17(18)30)34-22(37)20-19(23(20,26)27)10-1-5-16(29)14(7-10)24(31,32)33/h1,3-9,11,19-20H,2H2,(H,34,37)(H,35,36). The van der Waals surface area contributed by atoms with E-state index in [4.69, 9.17) is 34.8 Å². The molecule has 196 valence electrons. The molecule has 0 saturated heterocycles. The molecule has 2 aromatic rings. The zero-order chi connectivity index (χ0) is 27.3. The summed E-state index contributed by atoms with van der Waals surface area (Å²) in [4.78, 5) is 25.5. The third-order valence-corrected chi connectivity index (χ3v) is 7.12. The fraction of sp³-hybridized carbons (Fsp3) is 0.250. The second-order valence-corrected chi connectivity index (χ2v) is 10.2. The van der Waals surface area contributed by atoms with Gasteiger partial charge in [-0.25, -0.2) is 13.2 Å². The normalized spacial score (nSPS) is 22.6. The number of hydrogen-bond acceptors (Lipinski definition) is 2. The third-order valence-electron chi connectivity index (χ3n) is 5.85. The third kappa shape index (κ3) is 5.61. The fourth-order valence-electron chi connectivity index (χ4n) is 3.96. The molecule has 3 unspecified atom stereocenters. The Hall–Kier alpha value is -2.69. The summed E-state index contributed by atoms with van der Waals surface area (Å²) >= 11 is 18.4. The lowest BCUT2D eigenvalue weighted by molar-refractivity contribution is -0.140. The Kier molecular flexibility index (Phi) is 7.31. The van der Waals surface area contributed by atoms with Crippen LogP contribution in [0.2, 0.25) is 5.02 Å². The van der Waals surface area contributed by atoms with E-state index in [1.807, 2.05) is 0 Å². The zero-order valence-corrected chi connectivity index (χ0v) is 20.5. The number of hydrogen-bond donors (Lipinski definition) is 2. The van der Waals surface area contributed by atoms with Crippen LogP contribution in [0.1, 0.15) is 33.8 Å². The summed E-state index contributed by atoms with van der Waals surface area (Å²) in [5, 5.41) is 4.70. The van der Waals surface area contributed by atoms with Crippen LogP contribution in [0, 0.1) is 11.7 Å². The molecular weight excluding hydrogens is 569 g/mol. The number of allylic oxidation sites excluding steroid dienone is 3. The average molecular weight is 584 g/mol. The van der Waals surface area contributed by atoms with E-state index in [1.54, 1.807) is 0 Å². The quantitative estimate of drug-likeness (QED) is 0.288. The number of rotatable bonds is 5. The van der Waals surface area contributed by atoms with Gasteiger partial charge in [0, 0.05) is 18.0 Å². The number of carbonyl (C=O) groups excluding carboxylic acids is 2. The largest absolute Gasteiger partial charge is 0.419 e. The van der Waals surface area contributed by atoms with Gasteiger partial charge in [0.25, 0.3) is 5.91 Å². The molecule has 2 aliphatic rings. The Morgan fingerprint density at radius 2 is 1.73 bits per heavy atom. The molecule has 4 nitrogen and oxygen atoms in total. The van der Waals surface area contributed by atoms with Gasteiger partial charge in [0.1, 0.15) is 22.1 Å². The van der Waals surface area contributed by atoms with Crippen molar-refractivity contribution < 1.29 is 35.9 Å². The Bertz CT molecular complexity index is 1340. The van der Waals surface area contributed by atoms with Crippen molar-refractivity contribution in [2.24, 2.45) is 5.92 Å². The fourth-order valence-corrected chi connectivity index (χ4v) is 4.99. The topological polar surface area (TPSA) is 58.2 Å². The van der Waals surface area contributed by atoms with Crippen LogP contribution in [0.4, 0.5) is 32.0 Å². The van der Waals surface area contributed by atoms with E-state index in [0.717, 1.165) is 6.07 Å². The van der Waals surface area contributed by atoms with Crippen LogP contribution in [0.5, 0.6) is 0 Å². The van der Waals surface area contributed by atoms with Gasteiger partial charge < -0.3 is 10.6 Å². The minimum atomic E-state index is -4.96. The maximum atomic E-state index is 13.9. The number of nitrogens with one attached hydrogen (secondary N) is 2. The summed E-state index contributed by atoms with van der Waals surface area (Å²) in [6.07, 6.45) is -4.73. The lowest BCUT2D eigenvalue weighted by Crippen LogP contribution is -2.25. The van der Waals surface area contributed by atoms with Crippen molar-refractivity contribution in [3.8, 4) is 0 Å². The molecule has 37 heavy (non-hydrogen) atoms. The molecule has 0 bridgehead atoms. The first-order valence-corrected chi connectivity index (χ1v) is 11.7. The smallest absolute Gasteiger partial charge is 0.326 e. The SMILES string of the molecule is O=C(NC1=CCC(F)C=C1F)c1cc(NC(=O)C2C(c3ccc(F)c(C(F)(F)F)c3)C2(Cl)Cl)ccc1Cl. The van der Waals surface area contributed by atoms with Gasteiger partial charge in [-0.2, -0.15) is 13.2 Å². The molecule has 13 heteroatoms. The summed E-state index contributed by atoms with van der Waals surface area (Å²) in [7, 11) is 0. The van der Waals surface area contributed by atoms with Crippen LogP contribution in [0.25, 0.3) is 0 Å². The van der Waals surface area contributed by atoms with Crippen LogP contribution < -0.4 is 10.6 Å². The summed E-state index contributed by atoms with van der Waals surface area (Å²) < 4.78 is 78.3. The molecule has 0 heterocycles. The van der Waals surface area contributed by atoms with Gasteiger partial charge in [-0.3, -0.25) is 9.59 Å². The monoisotopic (exact) mass is 582 g/mol. The number of benzene rings is 2. The number of alkyl halides is 6. The molecule has 3 atom stereocenters. The minimum absolute atomic E-state index is 0.0426. The van der Waals surface area contributed by atoms with Crippen molar-refractivity contribution >= 4 is 52.3 Å². The molecule has 2 N–H and O–H groups in total. The summed E-state index contributed by atoms with van der Waals surface area (Å²) in [6.45, 7) is 0. The molecule has 0 radical (unpaired) electrons. The van der Waals surface area contributed by atoms with Crippen molar-refractivity contribution in [3.63, 3.8) is 0 Å². The maximum Gasteiger partial charge on any atom is 0.419 e. The summed E-state index contributed by atoms with van der Waals surface area (Å²) in [5.41, 5.74) is -1.94. The van der Waals surface area contributed by atoms with Crippen LogP contribution >= 0.6 is 34.8 Å². The van der Waals surface area contributed by atoms with E-state index in [2.05, 4.69) is 10.6 Å². The van der Waals surface area contributed by atoms with Gasteiger partial charge in [0.15, 0.2) is 0 Å². The van der Waals surface area contributed by atoms with E-state index in [1.165, 1.54) is 24.3 Å². The molecular formula is C24H15Cl3F6N2O2. The second-order valence-electron chi connectivity index (χ2n) is 8.39. The molecule has 2 amide bonds. The Morgan fingerprint density at radius 1 is 1.03 bits per heavy atom. The van der Waals surface area contributed by atoms with Crippen molar-refractivity contribution in [2.45, 2.75) is 29.0 Å². The van der Waals surface area contributed by atoms with E-state index < -0.39 is 57.5 Å².